The summed E-state index contributed by atoms with van der Waals surface area (Å²) in [5.74, 6) is -0.491. The van der Waals surface area contributed by atoms with Crippen molar-refractivity contribution < 1.29 is 14.3 Å². The predicted molar refractivity (Wildman–Crippen MR) is 82.9 cm³/mol. The van der Waals surface area contributed by atoms with Crippen LogP contribution >= 0.6 is 43.2 Å². The first-order chi connectivity index (χ1) is 9.50. The Balaban J connectivity index is 1.64. The van der Waals surface area contributed by atoms with Crippen molar-refractivity contribution in [3.8, 4) is 0 Å². The Bertz CT molecular complexity index is 544. The summed E-state index contributed by atoms with van der Waals surface area (Å²) in [6.07, 6.45) is 4.40. The monoisotopic (exact) mass is 421 g/mol. The van der Waals surface area contributed by atoms with E-state index in [1.54, 1.807) is 6.07 Å². The lowest BCUT2D eigenvalue weighted by Crippen LogP contribution is -2.45. The second-order valence-electron chi connectivity index (χ2n) is 5.23. The summed E-state index contributed by atoms with van der Waals surface area (Å²) in [4.78, 5) is 24.9. The third kappa shape index (κ3) is 2.80. The molecule has 1 heterocycles. The van der Waals surface area contributed by atoms with Gasteiger partial charge in [0.2, 0.25) is 0 Å². The molecule has 4 nitrogen and oxygen atoms in total. The molecule has 1 amide bonds. The molecule has 0 saturated heterocycles. The Morgan fingerprint density at radius 1 is 1.35 bits per heavy atom. The van der Waals surface area contributed by atoms with Crippen LogP contribution in [0.1, 0.15) is 41.8 Å². The van der Waals surface area contributed by atoms with Gasteiger partial charge in [0, 0.05) is 4.47 Å². The van der Waals surface area contributed by atoms with E-state index < -0.39 is 5.54 Å². The Hall–Kier alpha value is -0.400. The molecule has 2 aliphatic carbocycles. The second kappa shape index (κ2) is 5.42. The molecule has 0 spiro atoms. The highest BCUT2D eigenvalue weighted by Gasteiger charge is 2.53. The van der Waals surface area contributed by atoms with Gasteiger partial charge < -0.3 is 10.1 Å². The molecule has 20 heavy (non-hydrogen) atoms. The second-order valence-corrected chi connectivity index (χ2v) is 8.45. The molecule has 7 heteroatoms. The topological polar surface area (TPSA) is 55.4 Å². The van der Waals surface area contributed by atoms with E-state index in [2.05, 4.69) is 37.2 Å². The van der Waals surface area contributed by atoms with Gasteiger partial charge in [0.15, 0.2) is 0 Å². The Kier molecular flexibility index (Phi) is 3.94. The van der Waals surface area contributed by atoms with E-state index in [4.69, 9.17) is 4.74 Å². The Morgan fingerprint density at radius 3 is 2.50 bits per heavy atom. The molecule has 108 valence electrons. The number of nitrogens with one attached hydrogen (secondary N) is 1. The van der Waals surface area contributed by atoms with Crippen LogP contribution in [0.5, 0.6) is 0 Å². The van der Waals surface area contributed by atoms with Crippen molar-refractivity contribution in [3.05, 3.63) is 19.2 Å². The summed E-state index contributed by atoms with van der Waals surface area (Å²) in [6, 6.07) is 1.75. The maximum atomic E-state index is 12.2. The van der Waals surface area contributed by atoms with Gasteiger partial charge in [-0.15, -0.1) is 11.3 Å². The van der Waals surface area contributed by atoms with Crippen molar-refractivity contribution in [2.45, 2.75) is 43.7 Å². The van der Waals surface area contributed by atoms with Crippen molar-refractivity contribution in [3.63, 3.8) is 0 Å². The first-order valence-electron chi connectivity index (χ1n) is 6.49. The highest BCUT2D eigenvalue weighted by atomic mass is 79.9. The molecule has 0 unspecified atom stereocenters. The first kappa shape index (κ1) is 14.5. The van der Waals surface area contributed by atoms with Gasteiger partial charge in [-0.25, -0.2) is 4.79 Å². The van der Waals surface area contributed by atoms with E-state index in [0.717, 1.165) is 27.5 Å². The smallest absolute Gasteiger partial charge is 0.332 e. The third-order valence-corrected chi connectivity index (χ3v) is 6.94. The van der Waals surface area contributed by atoms with Crippen LogP contribution < -0.4 is 5.32 Å². The first-order valence-corrected chi connectivity index (χ1v) is 8.89. The van der Waals surface area contributed by atoms with E-state index in [1.807, 2.05) is 0 Å². The fourth-order valence-corrected chi connectivity index (χ4v) is 3.93. The lowest BCUT2D eigenvalue weighted by molar-refractivity contribution is -0.156. The molecule has 1 aromatic rings. The number of ether oxygens (including phenoxy) is 1. The number of thiophene rings is 1. The van der Waals surface area contributed by atoms with Gasteiger partial charge in [-0.3, -0.25) is 4.79 Å². The predicted octanol–water partition coefficient (Wildman–Crippen LogP) is 3.63. The minimum Gasteiger partial charge on any atom is -0.461 e. The van der Waals surface area contributed by atoms with Gasteiger partial charge in [-0.2, -0.15) is 0 Å². The van der Waals surface area contributed by atoms with Crippen molar-refractivity contribution in [1.29, 1.82) is 0 Å². The molecule has 0 aliphatic heterocycles. The average Bonchev–Trinajstić information content (AvgIpc) is 3.05. The summed E-state index contributed by atoms with van der Waals surface area (Å²) >= 11 is 8.05. The van der Waals surface area contributed by atoms with Crippen LogP contribution in [-0.2, 0) is 9.53 Å². The molecule has 3 rings (SSSR count). The van der Waals surface area contributed by atoms with Crippen molar-refractivity contribution >= 4 is 55.1 Å². The van der Waals surface area contributed by atoms with Crippen molar-refractivity contribution in [2.75, 3.05) is 0 Å². The molecule has 2 aliphatic rings. The van der Waals surface area contributed by atoms with Crippen LogP contribution in [0.4, 0.5) is 0 Å². The quantitative estimate of drug-likeness (QED) is 0.753. The summed E-state index contributed by atoms with van der Waals surface area (Å²) in [5.41, 5.74) is -0.782. The van der Waals surface area contributed by atoms with Crippen molar-refractivity contribution in [1.82, 2.24) is 5.32 Å². The number of carbonyl (C=O) groups excluding carboxylic acids is 2. The molecular formula is C13H13Br2NO3S. The van der Waals surface area contributed by atoms with E-state index in [0.29, 0.717) is 17.7 Å². The zero-order valence-electron chi connectivity index (χ0n) is 10.6. The van der Waals surface area contributed by atoms with E-state index in [-0.39, 0.29) is 18.0 Å². The van der Waals surface area contributed by atoms with Crippen LogP contribution in [0.2, 0.25) is 0 Å². The maximum Gasteiger partial charge on any atom is 0.332 e. The van der Waals surface area contributed by atoms with Gasteiger partial charge in [0.1, 0.15) is 11.6 Å². The largest absolute Gasteiger partial charge is 0.461 e. The zero-order chi connectivity index (χ0) is 14.3. The number of carbonyl (C=O) groups is 2. The average molecular weight is 423 g/mol. The molecule has 0 atom stereocenters. The standard InChI is InChI=1S/C13H13Br2NO3S/c14-8-6-9(20-10(8)15)11(17)16-13(4-5-13)12(18)19-7-2-1-3-7/h6-7H,1-5H2,(H,16,17). The van der Waals surface area contributed by atoms with Crippen LogP contribution in [0.15, 0.2) is 14.3 Å². The maximum absolute atomic E-state index is 12.2. The lowest BCUT2D eigenvalue weighted by Gasteiger charge is -2.27. The fraction of sp³-hybridized carbons (Fsp3) is 0.538. The van der Waals surface area contributed by atoms with Gasteiger partial charge in [-0.1, -0.05) is 0 Å². The number of rotatable bonds is 4. The number of hydrogen-bond acceptors (Lipinski definition) is 4. The molecule has 0 bridgehead atoms. The summed E-state index contributed by atoms with van der Waals surface area (Å²) in [6.45, 7) is 0. The van der Waals surface area contributed by atoms with Gasteiger partial charge in [-0.05, 0) is 70.0 Å². The van der Waals surface area contributed by atoms with Gasteiger partial charge >= 0.3 is 5.97 Å². The summed E-state index contributed by atoms with van der Waals surface area (Å²) in [5, 5.41) is 2.83. The Labute approximate surface area is 137 Å². The SMILES string of the molecule is O=C(NC1(C(=O)OC2CCC2)CC1)c1cc(Br)c(Br)s1. The number of esters is 1. The molecule has 1 aromatic heterocycles. The summed E-state index contributed by atoms with van der Waals surface area (Å²) in [7, 11) is 0. The Morgan fingerprint density at radius 2 is 2.05 bits per heavy atom. The molecule has 0 aromatic carbocycles. The molecule has 2 saturated carbocycles. The summed E-state index contributed by atoms with van der Waals surface area (Å²) < 4.78 is 7.12. The molecule has 0 radical (unpaired) electrons. The molecule has 1 N–H and O–H groups in total. The van der Waals surface area contributed by atoms with Crippen molar-refractivity contribution in [2.24, 2.45) is 0 Å². The fourth-order valence-electron chi connectivity index (χ4n) is 2.00. The van der Waals surface area contributed by atoms with Crippen LogP contribution in [0.25, 0.3) is 0 Å². The molecular weight excluding hydrogens is 410 g/mol. The number of hydrogen-bond donors (Lipinski definition) is 1. The van der Waals surface area contributed by atoms with Gasteiger partial charge in [0.05, 0.1) is 8.66 Å². The molecule has 2 fully saturated rings. The zero-order valence-corrected chi connectivity index (χ0v) is 14.6. The van der Waals surface area contributed by atoms with Crippen LogP contribution in [0, 0.1) is 0 Å². The van der Waals surface area contributed by atoms with Gasteiger partial charge in [0.25, 0.3) is 5.91 Å². The minimum absolute atomic E-state index is 0.0573. The van der Waals surface area contributed by atoms with E-state index in [1.165, 1.54) is 11.3 Å². The van der Waals surface area contributed by atoms with Crippen LogP contribution in [0.3, 0.4) is 0 Å². The third-order valence-electron chi connectivity index (χ3n) is 3.69. The van der Waals surface area contributed by atoms with E-state index >= 15 is 0 Å². The van der Waals surface area contributed by atoms with Crippen LogP contribution in [-0.4, -0.2) is 23.5 Å². The minimum atomic E-state index is -0.782. The lowest BCUT2D eigenvalue weighted by atomic mass is 9.96. The highest BCUT2D eigenvalue weighted by Crippen LogP contribution is 2.39. The number of halogens is 2. The number of amides is 1. The highest BCUT2D eigenvalue weighted by molar-refractivity contribution is 9.13. The van der Waals surface area contributed by atoms with E-state index in [9.17, 15) is 9.59 Å². The normalized spacial score (nSPS) is 20.1.